The number of benzene rings is 1. The number of imidazole rings is 1. The van der Waals surface area contributed by atoms with E-state index < -0.39 is 18.1 Å². The number of rotatable bonds is 11. The Balaban J connectivity index is 1.18. The number of methoxy groups -OCH3 is 1. The topological polar surface area (TPSA) is 156 Å². The van der Waals surface area contributed by atoms with E-state index in [2.05, 4.69) is 59.8 Å². The van der Waals surface area contributed by atoms with Crippen LogP contribution in [-0.2, 0) is 24.4 Å². The number of anilines is 3. The maximum Gasteiger partial charge on any atom is 0.224 e. The van der Waals surface area contributed by atoms with Crippen molar-refractivity contribution in [1.29, 1.82) is 0 Å². The highest BCUT2D eigenvalue weighted by molar-refractivity contribution is 5.93. The van der Waals surface area contributed by atoms with Crippen LogP contribution in [0.4, 0.5) is 17.2 Å². The highest BCUT2D eigenvalue weighted by Gasteiger charge is 2.48. The highest BCUT2D eigenvalue weighted by Crippen LogP contribution is 2.41. The van der Waals surface area contributed by atoms with E-state index in [0.29, 0.717) is 59.3 Å². The summed E-state index contributed by atoms with van der Waals surface area (Å²) in [5.74, 6) is -0.0202. The van der Waals surface area contributed by atoms with E-state index in [1.165, 1.54) is 6.33 Å². The Bertz CT molecular complexity index is 1490. The first-order valence-corrected chi connectivity index (χ1v) is 15.9. The van der Waals surface area contributed by atoms with Gasteiger partial charge in [0.25, 0.3) is 0 Å². The molecule has 1 aliphatic carbocycles. The van der Waals surface area contributed by atoms with Gasteiger partial charge in [0.2, 0.25) is 5.91 Å². The Morgan fingerprint density at radius 1 is 1.18 bits per heavy atom. The second kappa shape index (κ2) is 12.8. The lowest BCUT2D eigenvalue weighted by molar-refractivity contribution is -0.163. The fourth-order valence-corrected chi connectivity index (χ4v) is 6.50. The van der Waals surface area contributed by atoms with Crippen LogP contribution in [0.2, 0.25) is 0 Å². The van der Waals surface area contributed by atoms with Crippen molar-refractivity contribution in [2.75, 3.05) is 30.4 Å². The zero-order valence-electron chi connectivity index (χ0n) is 27.9. The summed E-state index contributed by atoms with van der Waals surface area (Å²) in [6.07, 6.45) is 5.27. The summed E-state index contributed by atoms with van der Waals surface area (Å²) in [4.78, 5) is 28.2. The lowest BCUT2D eigenvalue weighted by atomic mass is 9.76. The lowest BCUT2D eigenvalue weighted by Crippen LogP contribution is -2.53. The number of carbonyl (C=O) groups excluding carboxylic acids is 1. The summed E-state index contributed by atoms with van der Waals surface area (Å²) in [6.45, 7) is 15.3. The first-order valence-electron chi connectivity index (χ1n) is 15.9. The molecule has 3 heterocycles. The predicted octanol–water partition coefficient (Wildman–Crippen LogP) is 4.86. The van der Waals surface area contributed by atoms with Crippen molar-refractivity contribution in [3.05, 3.63) is 36.4 Å². The van der Waals surface area contributed by atoms with E-state index >= 15 is 0 Å². The van der Waals surface area contributed by atoms with Crippen molar-refractivity contribution >= 4 is 34.3 Å². The molecule has 3 atom stereocenters. The molecule has 1 saturated heterocycles. The molecule has 2 fully saturated rings. The highest BCUT2D eigenvalue weighted by atomic mass is 16.8. The minimum atomic E-state index is -0.828. The first kappa shape index (κ1) is 33.1. The molecule has 0 spiro atoms. The SMILES string of the molecule is CO[C@H](CN(C(C)C)[C@H]1C[C@@H](CCC(=O)Nc2ccc(C(C)(C)C)cc2N)C1)[C@H]1OC(C)(C)O[C@H]1n1cnc2c(N)ncnc21. The zero-order valence-corrected chi connectivity index (χ0v) is 27.9. The van der Waals surface area contributed by atoms with Gasteiger partial charge in [-0.25, -0.2) is 15.0 Å². The fourth-order valence-electron chi connectivity index (χ4n) is 6.50. The number of nitrogens with two attached hydrogens (primary N) is 2. The van der Waals surface area contributed by atoms with E-state index in [1.54, 1.807) is 13.4 Å². The molecule has 1 aromatic carbocycles. The number of amides is 1. The Kier molecular flexibility index (Phi) is 9.42. The molecule has 1 amide bonds. The number of aromatic nitrogens is 4. The molecule has 5 N–H and O–H groups in total. The van der Waals surface area contributed by atoms with Gasteiger partial charge >= 0.3 is 0 Å². The standard InChI is InChI=1S/C33H50N8O4/c1-19(2)40(22-13-20(14-22)9-12-26(42)39-24-11-10-21(15-23(24)34)32(3,4)5)16-25(43-8)28-31(45-33(6,7)44-28)41-18-38-27-29(35)36-17-37-30(27)41/h10-11,15,17-20,22,25,28,31H,9,12-14,16,34H2,1-8H3,(H,39,42)(H2,35,36,37)/t20-,22+,25-,28-,31-/m1/s1. The van der Waals surface area contributed by atoms with Crippen LogP contribution in [0.1, 0.15) is 85.9 Å². The van der Waals surface area contributed by atoms with Gasteiger partial charge in [-0.2, -0.15) is 0 Å². The smallest absolute Gasteiger partial charge is 0.224 e. The van der Waals surface area contributed by atoms with Crippen molar-refractivity contribution < 1.29 is 19.0 Å². The molecule has 0 unspecified atom stereocenters. The lowest BCUT2D eigenvalue weighted by Gasteiger charge is -2.46. The van der Waals surface area contributed by atoms with Crippen LogP contribution < -0.4 is 16.8 Å². The molecular formula is C33H50N8O4. The summed E-state index contributed by atoms with van der Waals surface area (Å²) in [7, 11) is 1.71. The molecule has 246 valence electrons. The normalized spacial score (nSPS) is 23.9. The Hall–Kier alpha value is -3.32. The van der Waals surface area contributed by atoms with Crippen molar-refractivity contribution in [2.24, 2.45) is 5.92 Å². The fraction of sp³-hybridized carbons (Fsp3) is 0.636. The van der Waals surface area contributed by atoms with Gasteiger partial charge < -0.3 is 31.0 Å². The van der Waals surface area contributed by atoms with Crippen LogP contribution in [0, 0.1) is 5.92 Å². The molecule has 2 aliphatic rings. The van der Waals surface area contributed by atoms with Crippen LogP contribution in [0.3, 0.4) is 0 Å². The molecule has 2 aromatic heterocycles. The predicted molar refractivity (Wildman–Crippen MR) is 175 cm³/mol. The molecule has 12 nitrogen and oxygen atoms in total. The van der Waals surface area contributed by atoms with Crippen LogP contribution in [-0.4, -0.2) is 74.1 Å². The molecule has 3 aromatic rings. The maximum atomic E-state index is 12.8. The quantitative estimate of drug-likeness (QED) is 0.252. The largest absolute Gasteiger partial charge is 0.397 e. The van der Waals surface area contributed by atoms with Crippen LogP contribution in [0.5, 0.6) is 0 Å². The number of hydrogen-bond donors (Lipinski definition) is 3. The van der Waals surface area contributed by atoms with E-state index in [0.717, 1.165) is 24.8 Å². The van der Waals surface area contributed by atoms with Gasteiger partial charge in [0.15, 0.2) is 23.5 Å². The van der Waals surface area contributed by atoms with E-state index in [4.69, 9.17) is 25.7 Å². The minimum absolute atomic E-state index is 0.0000806. The molecule has 5 rings (SSSR count). The van der Waals surface area contributed by atoms with Crippen LogP contribution >= 0.6 is 0 Å². The van der Waals surface area contributed by atoms with Gasteiger partial charge in [0.1, 0.15) is 24.1 Å². The summed E-state index contributed by atoms with van der Waals surface area (Å²) in [6, 6.07) is 6.58. The minimum Gasteiger partial charge on any atom is -0.397 e. The molecule has 45 heavy (non-hydrogen) atoms. The van der Waals surface area contributed by atoms with Crippen molar-refractivity contribution in [2.45, 2.75) is 116 Å². The Morgan fingerprint density at radius 3 is 2.56 bits per heavy atom. The van der Waals surface area contributed by atoms with Gasteiger partial charge in [-0.3, -0.25) is 14.3 Å². The number of nitrogens with zero attached hydrogens (tertiary/aromatic N) is 5. The molecule has 0 bridgehead atoms. The number of hydrogen-bond acceptors (Lipinski definition) is 10. The Labute approximate surface area is 266 Å². The summed E-state index contributed by atoms with van der Waals surface area (Å²) >= 11 is 0. The first-order chi connectivity index (χ1) is 21.2. The molecule has 12 heteroatoms. The van der Waals surface area contributed by atoms with Crippen molar-refractivity contribution in [3.63, 3.8) is 0 Å². The number of nitrogen functional groups attached to an aromatic ring is 2. The monoisotopic (exact) mass is 622 g/mol. The average molecular weight is 623 g/mol. The number of nitrogens with one attached hydrogen (secondary N) is 1. The van der Waals surface area contributed by atoms with Crippen molar-refractivity contribution in [3.8, 4) is 0 Å². The Morgan fingerprint density at radius 2 is 1.91 bits per heavy atom. The molecular weight excluding hydrogens is 572 g/mol. The second-order valence-corrected chi connectivity index (χ2v) is 14.3. The van der Waals surface area contributed by atoms with Gasteiger partial charge in [-0.1, -0.05) is 26.8 Å². The molecule has 1 aliphatic heterocycles. The zero-order chi connectivity index (χ0) is 32.7. The van der Waals surface area contributed by atoms with E-state index in [1.807, 2.05) is 36.6 Å². The second-order valence-electron chi connectivity index (χ2n) is 14.3. The van der Waals surface area contributed by atoms with Crippen molar-refractivity contribution in [1.82, 2.24) is 24.4 Å². The summed E-state index contributed by atoms with van der Waals surface area (Å²) in [5, 5.41) is 3.01. The average Bonchev–Trinajstić information content (AvgIpc) is 3.50. The van der Waals surface area contributed by atoms with Gasteiger partial charge in [-0.15, -0.1) is 0 Å². The number of fused-ring (bicyclic) bond motifs is 1. The van der Waals surface area contributed by atoms with E-state index in [-0.39, 0.29) is 17.4 Å². The third-order valence-corrected chi connectivity index (χ3v) is 9.14. The molecule has 1 saturated carbocycles. The maximum absolute atomic E-state index is 12.8. The van der Waals surface area contributed by atoms with Gasteiger partial charge in [0.05, 0.1) is 17.7 Å². The number of carbonyl (C=O) groups is 1. The van der Waals surface area contributed by atoms with Gasteiger partial charge in [-0.05, 0) is 76.0 Å². The summed E-state index contributed by atoms with van der Waals surface area (Å²) < 4.78 is 20.8. The van der Waals surface area contributed by atoms with E-state index in [9.17, 15) is 4.79 Å². The van der Waals surface area contributed by atoms with Crippen LogP contribution in [0.25, 0.3) is 11.2 Å². The molecule has 0 radical (unpaired) electrons. The summed E-state index contributed by atoms with van der Waals surface area (Å²) in [5.41, 5.74) is 15.8. The number of ether oxygens (including phenoxy) is 3. The van der Waals surface area contributed by atoms with Crippen LogP contribution in [0.15, 0.2) is 30.9 Å². The third-order valence-electron chi connectivity index (χ3n) is 9.14. The van der Waals surface area contributed by atoms with Gasteiger partial charge in [0, 0.05) is 32.2 Å². The third kappa shape index (κ3) is 7.24.